The van der Waals surface area contributed by atoms with E-state index in [9.17, 15) is 9.59 Å². The third kappa shape index (κ3) is 3.47. The van der Waals surface area contributed by atoms with Gasteiger partial charge in [0.25, 0.3) is 0 Å². The van der Waals surface area contributed by atoms with E-state index in [1.807, 2.05) is 18.2 Å². The summed E-state index contributed by atoms with van der Waals surface area (Å²) in [5.41, 5.74) is 0.950. The molecule has 5 heteroatoms. The van der Waals surface area contributed by atoms with Gasteiger partial charge in [0.2, 0.25) is 5.91 Å². The molecule has 0 aromatic heterocycles. The van der Waals surface area contributed by atoms with Crippen LogP contribution in [-0.2, 0) is 16.0 Å². The molecule has 102 valence electrons. The van der Waals surface area contributed by atoms with Crippen LogP contribution in [0.5, 0.6) is 0 Å². The minimum absolute atomic E-state index is 0.00340. The maximum Gasteiger partial charge on any atom is 0.308 e. The molecule has 0 saturated carbocycles. The summed E-state index contributed by atoms with van der Waals surface area (Å²) >= 11 is 6.03. The summed E-state index contributed by atoms with van der Waals surface area (Å²) in [6.45, 7) is 0.870. The van der Waals surface area contributed by atoms with Gasteiger partial charge in [0.1, 0.15) is 0 Å². The Hall–Kier alpha value is -1.55. The summed E-state index contributed by atoms with van der Waals surface area (Å²) in [6.07, 6.45) is 1.51. The molecule has 1 aliphatic rings. The molecule has 0 unspecified atom stereocenters. The Morgan fingerprint density at radius 3 is 2.74 bits per heavy atom. The molecule has 1 N–H and O–H groups in total. The van der Waals surface area contributed by atoms with Crippen LogP contribution in [0.15, 0.2) is 24.3 Å². The standard InChI is InChI=1S/C14H16ClNO3/c15-12-4-2-1-3-10(12)5-6-13(17)16-8-7-11(9-16)14(18)19/h1-4,11H,5-9H2,(H,18,19)/t11-/m0/s1. The highest BCUT2D eigenvalue weighted by atomic mass is 35.5. The van der Waals surface area contributed by atoms with Crippen LogP contribution in [0.4, 0.5) is 0 Å². The Bertz CT molecular complexity index is 489. The first-order valence-electron chi connectivity index (χ1n) is 6.32. The molecule has 0 radical (unpaired) electrons. The fourth-order valence-corrected chi connectivity index (χ4v) is 2.52. The van der Waals surface area contributed by atoms with Gasteiger partial charge in [-0.05, 0) is 24.5 Å². The van der Waals surface area contributed by atoms with Crippen molar-refractivity contribution in [3.63, 3.8) is 0 Å². The maximum atomic E-state index is 12.0. The lowest BCUT2D eigenvalue weighted by Gasteiger charge is -2.15. The summed E-state index contributed by atoms with van der Waals surface area (Å²) < 4.78 is 0. The Balaban J connectivity index is 1.86. The molecule has 1 amide bonds. The van der Waals surface area contributed by atoms with Crippen LogP contribution in [0, 0.1) is 5.92 Å². The zero-order valence-electron chi connectivity index (χ0n) is 10.5. The van der Waals surface area contributed by atoms with Crippen molar-refractivity contribution in [3.05, 3.63) is 34.9 Å². The Labute approximate surface area is 117 Å². The number of carbonyl (C=O) groups is 2. The Morgan fingerprint density at radius 2 is 2.11 bits per heavy atom. The molecule has 1 atom stereocenters. The zero-order chi connectivity index (χ0) is 13.8. The number of carboxylic acids is 1. The zero-order valence-corrected chi connectivity index (χ0v) is 11.3. The lowest BCUT2D eigenvalue weighted by Crippen LogP contribution is -2.30. The fraction of sp³-hybridized carbons (Fsp3) is 0.429. The normalized spacial score (nSPS) is 18.6. The Morgan fingerprint density at radius 1 is 1.37 bits per heavy atom. The second-order valence-corrected chi connectivity index (χ2v) is 5.16. The van der Waals surface area contributed by atoms with Crippen LogP contribution in [0.3, 0.4) is 0 Å². The van der Waals surface area contributed by atoms with E-state index in [1.54, 1.807) is 11.0 Å². The number of aliphatic carboxylic acids is 1. The summed E-state index contributed by atoms with van der Waals surface area (Å²) in [6, 6.07) is 7.45. The predicted molar refractivity (Wildman–Crippen MR) is 72.1 cm³/mol. The smallest absolute Gasteiger partial charge is 0.308 e. The van der Waals surface area contributed by atoms with Crippen LogP contribution in [0.2, 0.25) is 5.02 Å². The second-order valence-electron chi connectivity index (χ2n) is 4.75. The fourth-order valence-electron chi connectivity index (χ4n) is 2.29. The third-order valence-corrected chi connectivity index (χ3v) is 3.82. The SMILES string of the molecule is O=C(O)[C@H]1CCN(C(=O)CCc2ccccc2Cl)C1. The van der Waals surface area contributed by atoms with Gasteiger partial charge in [0.15, 0.2) is 0 Å². The molecule has 1 aliphatic heterocycles. The first-order valence-corrected chi connectivity index (χ1v) is 6.69. The molecule has 1 heterocycles. The van der Waals surface area contributed by atoms with Gasteiger partial charge < -0.3 is 10.0 Å². The van der Waals surface area contributed by atoms with Crippen molar-refractivity contribution in [2.75, 3.05) is 13.1 Å². The highest BCUT2D eigenvalue weighted by molar-refractivity contribution is 6.31. The van der Waals surface area contributed by atoms with E-state index in [0.717, 1.165) is 5.56 Å². The number of rotatable bonds is 4. The van der Waals surface area contributed by atoms with Crippen molar-refractivity contribution in [2.45, 2.75) is 19.3 Å². The third-order valence-electron chi connectivity index (χ3n) is 3.46. The molecule has 1 saturated heterocycles. The summed E-state index contributed by atoms with van der Waals surface area (Å²) in [7, 11) is 0. The summed E-state index contributed by atoms with van der Waals surface area (Å²) in [5, 5.41) is 9.57. The topological polar surface area (TPSA) is 57.6 Å². The van der Waals surface area contributed by atoms with Crippen molar-refractivity contribution < 1.29 is 14.7 Å². The van der Waals surface area contributed by atoms with Gasteiger partial charge in [-0.2, -0.15) is 0 Å². The number of halogens is 1. The number of amides is 1. The lowest BCUT2D eigenvalue weighted by molar-refractivity contribution is -0.141. The number of carbonyl (C=O) groups excluding carboxylic acids is 1. The van der Waals surface area contributed by atoms with Crippen LogP contribution in [0.1, 0.15) is 18.4 Å². The number of nitrogens with zero attached hydrogens (tertiary/aromatic N) is 1. The van der Waals surface area contributed by atoms with Crippen molar-refractivity contribution >= 4 is 23.5 Å². The van der Waals surface area contributed by atoms with E-state index < -0.39 is 11.9 Å². The lowest BCUT2D eigenvalue weighted by atomic mass is 10.1. The number of likely N-dealkylation sites (tertiary alicyclic amines) is 1. The van der Waals surface area contributed by atoms with Crippen LogP contribution in [0.25, 0.3) is 0 Å². The first-order chi connectivity index (χ1) is 9.08. The molecule has 0 aliphatic carbocycles. The molecule has 19 heavy (non-hydrogen) atoms. The van der Waals surface area contributed by atoms with Crippen molar-refractivity contribution in [3.8, 4) is 0 Å². The monoisotopic (exact) mass is 281 g/mol. The first kappa shape index (κ1) is 13.9. The van der Waals surface area contributed by atoms with Gasteiger partial charge >= 0.3 is 5.97 Å². The van der Waals surface area contributed by atoms with Gasteiger partial charge in [-0.25, -0.2) is 0 Å². The summed E-state index contributed by atoms with van der Waals surface area (Å²) in [4.78, 5) is 24.5. The molecule has 1 aromatic carbocycles. The van der Waals surface area contributed by atoms with Crippen LogP contribution >= 0.6 is 11.6 Å². The van der Waals surface area contributed by atoms with Crippen molar-refractivity contribution in [2.24, 2.45) is 5.92 Å². The quantitative estimate of drug-likeness (QED) is 0.920. The van der Waals surface area contributed by atoms with Crippen molar-refractivity contribution in [1.82, 2.24) is 4.90 Å². The Kier molecular flexibility index (Phi) is 4.43. The van der Waals surface area contributed by atoms with E-state index in [0.29, 0.717) is 37.4 Å². The molecule has 2 rings (SSSR count). The summed E-state index contributed by atoms with van der Waals surface area (Å²) in [5.74, 6) is -1.23. The predicted octanol–water partition coefficient (Wildman–Crippen LogP) is 2.21. The van der Waals surface area contributed by atoms with Gasteiger partial charge in [-0.15, -0.1) is 0 Å². The number of hydrogen-bond acceptors (Lipinski definition) is 2. The number of aryl methyl sites for hydroxylation is 1. The largest absolute Gasteiger partial charge is 0.481 e. The van der Waals surface area contributed by atoms with E-state index in [1.165, 1.54) is 0 Å². The van der Waals surface area contributed by atoms with E-state index in [-0.39, 0.29) is 5.91 Å². The molecule has 1 aromatic rings. The molecule has 0 spiro atoms. The minimum Gasteiger partial charge on any atom is -0.481 e. The maximum absolute atomic E-state index is 12.0. The minimum atomic E-state index is -0.818. The van der Waals surface area contributed by atoms with Gasteiger partial charge in [-0.3, -0.25) is 9.59 Å². The molecule has 0 bridgehead atoms. The average Bonchev–Trinajstić information content (AvgIpc) is 2.87. The number of hydrogen-bond donors (Lipinski definition) is 1. The van der Waals surface area contributed by atoms with Crippen molar-refractivity contribution in [1.29, 1.82) is 0 Å². The second kappa shape index (κ2) is 6.06. The average molecular weight is 282 g/mol. The van der Waals surface area contributed by atoms with E-state index >= 15 is 0 Å². The number of carboxylic acid groups (broad SMARTS) is 1. The highest BCUT2D eigenvalue weighted by Gasteiger charge is 2.30. The van der Waals surface area contributed by atoms with E-state index in [2.05, 4.69) is 0 Å². The van der Waals surface area contributed by atoms with E-state index in [4.69, 9.17) is 16.7 Å². The number of benzene rings is 1. The van der Waals surface area contributed by atoms with Crippen LogP contribution < -0.4 is 0 Å². The van der Waals surface area contributed by atoms with Crippen LogP contribution in [-0.4, -0.2) is 35.0 Å². The molecular weight excluding hydrogens is 266 g/mol. The molecule has 4 nitrogen and oxygen atoms in total. The van der Waals surface area contributed by atoms with Gasteiger partial charge in [0.05, 0.1) is 5.92 Å². The molecular formula is C14H16ClNO3. The highest BCUT2D eigenvalue weighted by Crippen LogP contribution is 2.20. The van der Waals surface area contributed by atoms with Gasteiger partial charge in [-0.1, -0.05) is 29.8 Å². The van der Waals surface area contributed by atoms with Gasteiger partial charge in [0, 0.05) is 24.5 Å². The molecule has 1 fully saturated rings.